The molecule has 1 aliphatic heterocycles. The molecule has 0 saturated carbocycles. The number of benzene rings is 4. The van der Waals surface area contributed by atoms with Gasteiger partial charge in [0.15, 0.2) is 28.4 Å². The highest BCUT2D eigenvalue weighted by molar-refractivity contribution is 6.02. The van der Waals surface area contributed by atoms with Crippen molar-refractivity contribution in [2.75, 3.05) is 74.6 Å². The molecule has 132 heavy (non-hydrogen) atoms. The molecule has 4 aromatic carbocycles. The van der Waals surface area contributed by atoms with E-state index in [1.807, 2.05) is 109 Å². The predicted molar refractivity (Wildman–Crippen MR) is 489 cm³/mol. The van der Waals surface area contributed by atoms with E-state index in [2.05, 4.69) is 121 Å². The summed E-state index contributed by atoms with van der Waals surface area (Å²) >= 11 is 0. The van der Waals surface area contributed by atoms with Crippen LogP contribution in [0.2, 0.25) is 0 Å². The number of fused-ring (bicyclic) bond motifs is 8. The van der Waals surface area contributed by atoms with Crippen LogP contribution in [0, 0.1) is 23.3 Å². The average Bonchev–Trinajstić information content (AvgIpc) is 1.62. The number of amides is 2. The topological polar surface area (TPSA) is 341 Å². The van der Waals surface area contributed by atoms with Crippen LogP contribution < -0.4 is 21.3 Å². The fraction of sp³-hybridized carbons (Fsp3) is 0.177. The minimum Gasteiger partial charge on any atom is -0.370 e. The lowest BCUT2D eigenvalue weighted by Crippen LogP contribution is -2.35. The molecule has 20 aromatic rings. The van der Waals surface area contributed by atoms with Gasteiger partial charge >= 0.3 is 6.18 Å². The van der Waals surface area contributed by atoms with Crippen LogP contribution in [0.25, 0.3) is 111 Å². The molecular formula is C96H83F7N26O3. The number of likely N-dealkylation sites (tertiary alicyclic amines) is 1. The number of hydrogen-bond donors (Lipinski definition) is 8. The molecule has 36 heteroatoms. The number of nitrogens with zero attached hydrogens (tertiary/aromatic N) is 18. The Bertz CT molecular complexity index is 7650. The van der Waals surface area contributed by atoms with Crippen molar-refractivity contribution in [3.63, 3.8) is 0 Å². The van der Waals surface area contributed by atoms with Gasteiger partial charge in [-0.2, -0.15) is 51.6 Å². The Kier molecular flexibility index (Phi) is 24.7. The second-order valence-electron chi connectivity index (χ2n) is 31.6. The summed E-state index contributed by atoms with van der Waals surface area (Å²) < 4.78 is 102. The SMILES string of the molecule is CC(=O)c1cnn2c(NCCc3c[nH]c4ccccc34)cc(-c3cncc(F)c3)nc12.CN(C)C(=O)c1cnn2c(NCCc3c[nH]c4ccccc34)cc(-c3cncc(F)c3)nc12.Fc1cncc(-c2cc(NCCc3c[nH]c4ccccc34)n3ncc(C(F)(F)F)c3n2)c1.O=C(c1cnn2c(NCCc3c[nH]c4ccccc34)cc(-c3cncc(F)c3)nc12)N1CCCCC1. The summed E-state index contributed by atoms with van der Waals surface area (Å²) in [5.41, 5.74) is 13.7. The minimum absolute atomic E-state index is 0.0727. The molecule has 17 heterocycles. The zero-order valence-electron chi connectivity index (χ0n) is 71.2. The number of anilines is 4. The molecule has 2 amide bonds. The van der Waals surface area contributed by atoms with E-state index < -0.39 is 35.0 Å². The first-order valence-electron chi connectivity index (χ1n) is 42.4. The maximum Gasteiger partial charge on any atom is 0.421 e. The van der Waals surface area contributed by atoms with Gasteiger partial charge in [0.1, 0.15) is 63.2 Å². The number of alkyl halides is 3. The molecule has 0 aliphatic carbocycles. The largest absolute Gasteiger partial charge is 0.421 e. The van der Waals surface area contributed by atoms with Crippen LogP contribution in [0.3, 0.4) is 0 Å². The molecule has 0 bridgehead atoms. The number of Topliss-reactive ketones (excluding diaryl/α,β-unsaturated/α-hetero) is 1. The number of hydrogen-bond acceptors (Lipinski definition) is 19. The summed E-state index contributed by atoms with van der Waals surface area (Å²) in [5.74, 6) is -0.0805. The molecule has 1 aliphatic rings. The maximum atomic E-state index is 14.0. The quantitative estimate of drug-likeness (QED) is 0.0218. The fourth-order valence-electron chi connectivity index (χ4n) is 16.1. The highest BCUT2D eigenvalue weighted by Gasteiger charge is 2.36. The molecule has 0 unspecified atom stereocenters. The van der Waals surface area contributed by atoms with Crippen molar-refractivity contribution in [3.8, 4) is 45.0 Å². The standard InChI is InChI=1S/C27H26FN7O.C24H22FN7O.C23H19FN6O.C22H16F4N6/c28-20-12-19(14-29-16-20)24-13-25(30-9-8-18-15-31-23-7-3-2-6-21(18)23)35-26(33-24)22(17-32-35)27(36)34-10-4-1-5-11-34;1-31(2)24(33)19-14-29-32-22(10-21(30-23(19)32)16-9-17(25)13-26-11-16)27-8-7-15-12-28-20-6-4-3-5-18(15)20;1-14(31)19-13-28-30-22(9-21(29-23(19)30)16-8-17(24)12-25-10-16)26-7-6-15-11-27-20-5-3-2-4-18(15)20;23-15-7-14(9-27-11-15)19-8-20(32-21(31-19)17(12-30-32)22(24,25)26)28-6-5-13-10-29-18-4-2-1-3-16(13)18/h2-3,6-7,12-17,30-31H,1,4-5,8-11H2;3-6,9-14,27-28H,7-8H2,1-2H3;2-5,8-13,26-27H,6-7H2,1H3;1-4,7-12,28-29H,5-6H2. The highest BCUT2D eigenvalue weighted by atomic mass is 19.4. The van der Waals surface area contributed by atoms with E-state index in [9.17, 15) is 45.1 Å². The number of nitrogens with one attached hydrogen (secondary N) is 8. The Labute approximate surface area is 746 Å². The number of carbonyl (C=O) groups is 3. The number of piperidine rings is 1. The molecule has 0 atom stereocenters. The second-order valence-corrected chi connectivity index (χ2v) is 31.6. The van der Waals surface area contributed by atoms with Gasteiger partial charge in [-0.05, 0) is 123 Å². The number of halogens is 7. The van der Waals surface area contributed by atoms with Gasteiger partial charge in [-0.15, -0.1) is 0 Å². The molecular weight excluding hydrogens is 1700 g/mol. The summed E-state index contributed by atoms with van der Waals surface area (Å²) in [6.45, 7) is 5.27. The van der Waals surface area contributed by atoms with E-state index in [-0.39, 0.29) is 34.5 Å². The van der Waals surface area contributed by atoms with Gasteiger partial charge in [-0.1, -0.05) is 72.8 Å². The normalized spacial score (nSPS) is 12.2. The van der Waals surface area contributed by atoms with Gasteiger partial charge < -0.3 is 51.0 Å². The third-order valence-corrected chi connectivity index (χ3v) is 22.6. The number of ketones is 1. The molecule has 664 valence electrons. The lowest BCUT2D eigenvalue weighted by atomic mass is 10.1. The van der Waals surface area contributed by atoms with Crippen LogP contribution in [0.15, 0.2) is 245 Å². The summed E-state index contributed by atoms with van der Waals surface area (Å²) in [6, 6.07) is 44.6. The lowest BCUT2D eigenvalue weighted by molar-refractivity contribution is -0.136. The van der Waals surface area contributed by atoms with E-state index in [0.717, 1.165) is 120 Å². The number of aromatic nitrogens is 20. The molecule has 8 N–H and O–H groups in total. The van der Waals surface area contributed by atoms with Crippen LogP contribution in [0.4, 0.5) is 54.0 Å². The van der Waals surface area contributed by atoms with E-state index in [0.29, 0.717) is 123 Å². The Morgan fingerprint density at radius 3 is 1.02 bits per heavy atom. The van der Waals surface area contributed by atoms with Crippen molar-refractivity contribution in [3.05, 3.63) is 313 Å². The summed E-state index contributed by atoms with van der Waals surface area (Å²) in [5, 5.41) is 35.1. The molecule has 0 spiro atoms. The van der Waals surface area contributed by atoms with Crippen molar-refractivity contribution < 1.29 is 45.1 Å². The monoisotopic (exact) mass is 1780 g/mol. The third-order valence-electron chi connectivity index (χ3n) is 22.6. The summed E-state index contributed by atoms with van der Waals surface area (Å²) in [6.07, 6.45) is 25.2. The van der Waals surface area contributed by atoms with Crippen molar-refractivity contribution in [2.24, 2.45) is 0 Å². The van der Waals surface area contributed by atoms with Crippen LogP contribution in [-0.2, 0) is 31.9 Å². The zero-order chi connectivity index (χ0) is 91.1. The molecule has 16 aromatic heterocycles. The number of para-hydroxylation sites is 4. The number of H-pyrrole nitrogens is 4. The summed E-state index contributed by atoms with van der Waals surface area (Å²) in [4.78, 5) is 88.0. The number of carbonyl (C=O) groups excluding carboxylic acids is 3. The molecule has 1 fully saturated rings. The first kappa shape index (κ1) is 86.2. The van der Waals surface area contributed by atoms with Crippen molar-refractivity contribution in [1.82, 2.24) is 108 Å². The van der Waals surface area contributed by atoms with Crippen LogP contribution in [0.5, 0.6) is 0 Å². The van der Waals surface area contributed by atoms with Crippen LogP contribution in [-0.4, -0.2) is 179 Å². The Hall–Kier alpha value is -16.6. The average molecular weight is 1780 g/mol. The first-order valence-corrected chi connectivity index (χ1v) is 42.4. The van der Waals surface area contributed by atoms with Crippen LogP contribution >= 0.6 is 0 Å². The predicted octanol–water partition coefficient (Wildman–Crippen LogP) is 17.8. The Morgan fingerprint density at radius 1 is 0.379 bits per heavy atom. The lowest BCUT2D eigenvalue weighted by Gasteiger charge is -2.26. The van der Waals surface area contributed by atoms with Crippen molar-refractivity contribution >= 4 is 107 Å². The molecule has 0 radical (unpaired) electrons. The zero-order valence-corrected chi connectivity index (χ0v) is 71.2. The van der Waals surface area contributed by atoms with E-state index in [1.54, 1.807) is 64.6 Å². The van der Waals surface area contributed by atoms with Gasteiger partial charge in [0.2, 0.25) is 0 Å². The summed E-state index contributed by atoms with van der Waals surface area (Å²) in [7, 11) is 3.35. The van der Waals surface area contributed by atoms with Gasteiger partial charge in [0.05, 0.1) is 77.9 Å². The molecule has 29 nitrogen and oxygen atoms in total. The number of rotatable bonds is 23. The maximum absolute atomic E-state index is 14.0. The Morgan fingerprint density at radius 2 is 0.682 bits per heavy atom. The van der Waals surface area contributed by atoms with Crippen molar-refractivity contribution in [2.45, 2.75) is 58.0 Å². The highest BCUT2D eigenvalue weighted by Crippen LogP contribution is 2.36. The van der Waals surface area contributed by atoms with E-state index >= 15 is 0 Å². The first-order chi connectivity index (χ1) is 64.2. The van der Waals surface area contributed by atoms with Crippen LogP contribution in [0.1, 0.15) is 85.1 Å². The van der Waals surface area contributed by atoms with E-state index in [1.165, 1.54) is 93.6 Å². The Balaban J connectivity index is 0.000000118. The second kappa shape index (κ2) is 37.8. The number of pyridine rings is 4. The van der Waals surface area contributed by atoms with E-state index in [4.69, 9.17) is 4.98 Å². The smallest absolute Gasteiger partial charge is 0.370 e. The third kappa shape index (κ3) is 18.6. The fourth-order valence-corrected chi connectivity index (χ4v) is 16.1. The molecule has 1 saturated heterocycles. The van der Waals surface area contributed by atoms with Gasteiger partial charge in [-0.25, -0.2) is 37.5 Å². The van der Waals surface area contributed by atoms with Gasteiger partial charge in [0.25, 0.3) is 11.8 Å². The number of aromatic amines is 4. The van der Waals surface area contributed by atoms with Crippen molar-refractivity contribution in [1.29, 1.82) is 0 Å². The van der Waals surface area contributed by atoms with Gasteiger partial charge in [-0.3, -0.25) is 34.3 Å². The van der Waals surface area contributed by atoms with Gasteiger partial charge in [0, 0.05) is 193 Å². The minimum atomic E-state index is -4.63. The molecule has 21 rings (SSSR count).